The number of ether oxygens (including phenoxy) is 1. The summed E-state index contributed by atoms with van der Waals surface area (Å²) in [6, 6.07) is 0. The Kier molecular flexibility index (Phi) is 5.83. The second-order valence-corrected chi connectivity index (χ2v) is 2.31. The van der Waals surface area contributed by atoms with E-state index >= 15 is 0 Å². The molecule has 0 aromatic rings. The zero-order chi connectivity index (χ0) is 9.40. The fourth-order valence-electron chi connectivity index (χ4n) is 0.573. The monoisotopic (exact) mass is 168 g/mol. The van der Waals surface area contributed by atoms with Gasteiger partial charge in [0.05, 0.1) is 6.61 Å². The van der Waals surface area contributed by atoms with E-state index in [1.54, 1.807) is 6.08 Å². The topological polar surface area (TPSA) is 61.3 Å². The first-order valence-electron chi connectivity index (χ1n) is 3.82. The molecule has 0 spiro atoms. The van der Waals surface area contributed by atoms with E-state index in [0.717, 1.165) is 6.42 Å². The van der Waals surface area contributed by atoms with Crippen molar-refractivity contribution >= 4 is 0 Å². The minimum atomic E-state index is 0.542. The summed E-state index contributed by atoms with van der Waals surface area (Å²) in [5.74, 6) is 0.542. The lowest BCUT2D eigenvalue weighted by atomic mass is 10.3. The van der Waals surface area contributed by atoms with E-state index in [9.17, 15) is 0 Å². The molecule has 0 atom stereocenters. The predicted molar refractivity (Wildman–Crippen MR) is 51.2 cm³/mol. The standard InChI is InChI=1S/C9H16N2O/c1-3-9(11)7-8(2)12-6-4-5-10/h3,7H,1-2,4-6,10-11H2/b9-7-. The van der Waals surface area contributed by atoms with Crippen molar-refractivity contribution in [3.63, 3.8) is 0 Å². The highest BCUT2D eigenvalue weighted by Gasteiger charge is 1.90. The molecule has 68 valence electrons. The maximum absolute atomic E-state index is 5.46. The smallest absolute Gasteiger partial charge is 0.114 e. The van der Waals surface area contributed by atoms with Gasteiger partial charge in [0.15, 0.2) is 0 Å². The van der Waals surface area contributed by atoms with Crippen LogP contribution in [0.5, 0.6) is 0 Å². The molecule has 12 heavy (non-hydrogen) atoms. The number of allylic oxidation sites excluding steroid dienone is 2. The number of hydrogen-bond acceptors (Lipinski definition) is 3. The van der Waals surface area contributed by atoms with Crippen LogP contribution in [-0.4, -0.2) is 13.2 Å². The number of nitrogens with two attached hydrogens (primary N) is 2. The normalized spacial score (nSPS) is 10.9. The third-order valence-electron chi connectivity index (χ3n) is 1.20. The van der Waals surface area contributed by atoms with Gasteiger partial charge in [-0.1, -0.05) is 13.2 Å². The summed E-state index contributed by atoms with van der Waals surface area (Å²) >= 11 is 0. The highest BCUT2D eigenvalue weighted by atomic mass is 16.5. The average Bonchev–Trinajstić information content (AvgIpc) is 2.05. The molecule has 0 aromatic carbocycles. The van der Waals surface area contributed by atoms with Gasteiger partial charge in [-0.2, -0.15) is 0 Å². The molecule has 0 saturated carbocycles. The minimum Gasteiger partial charge on any atom is -0.494 e. The lowest BCUT2D eigenvalue weighted by molar-refractivity contribution is 0.223. The molecule has 0 rings (SSSR count). The van der Waals surface area contributed by atoms with Gasteiger partial charge in [-0.15, -0.1) is 0 Å². The molecule has 0 aliphatic carbocycles. The first kappa shape index (κ1) is 10.8. The third kappa shape index (κ3) is 5.56. The van der Waals surface area contributed by atoms with Gasteiger partial charge < -0.3 is 16.2 Å². The third-order valence-corrected chi connectivity index (χ3v) is 1.20. The Labute approximate surface area is 73.4 Å². The van der Waals surface area contributed by atoms with Crippen LogP contribution in [0.3, 0.4) is 0 Å². The van der Waals surface area contributed by atoms with Gasteiger partial charge in [-0.05, 0) is 19.0 Å². The van der Waals surface area contributed by atoms with Crippen LogP contribution in [0.2, 0.25) is 0 Å². The van der Waals surface area contributed by atoms with Gasteiger partial charge in [0.1, 0.15) is 5.76 Å². The lowest BCUT2D eigenvalue weighted by Crippen LogP contribution is -2.04. The Morgan fingerprint density at radius 3 is 2.67 bits per heavy atom. The molecule has 0 fully saturated rings. The van der Waals surface area contributed by atoms with Crippen molar-refractivity contribution in [2.24, 2.45) is 11.5 Å². The van der Waals surface area contributed by atoms with E-state index in [1.165, 1.54) is 6.08 Å². The quantitative estimate of drug-likeness (QED) is 0.352. The molecule has 0 bridgehead atoms. The van der Waals surface area contributed by atoms with Crippen LogP contribution in [-0.2, 0) is 4.74 Å². The Bertz CT molecular complexity index is 185. The van der Waals surface area contributed by atoms with Crippen LogP contribution in [0.4, 0.5) is 0 Å². The van der Waals surface area contributed by atoms with E-state index in [-0.39, 0.29) is 0 Å². The molecule has 0 radical (unpaired) electrons. The molecular weight excluding hydrogens is 152 g/mol. The van der Waals surface area contributed by atoms with Gasteiger partial charge >= 0.3 is 0 Å². The molecule has 0 aromatic heterocycles. The van der Waals surface area contributed by atoms with Crippen LogP contribution in [0, 0.1) is 0 Å². The second-order valence-electron chi connectivity index (χ2n) is 2.31. The molecule has 3 heteroatoms. The van der Waals surface area contributed by atoms with E-state index in [1.807, 2.05) is 0 Å². The Morgan fingerprint density at radius 2 is 2.17 bits per heavy atom. The van der Waals surface area contributed by atoms with E-state index in [2.05, 4.69) is 13.2 Å². The maximum atomic E-state index is 5.46. The summed E-state index contributed by atoms with van der Waals surface area (Å²) < 4.78 is 5.18. The van der Waals surface area contributed by atoms with Gasteiger partial charge in [-0.3, -0.25) is 0 Å². The van der Waals surface area contributed by atoms with Crippen LogP contribution >= 0.6 is 0 Å². The summed E-state index contributed by atoms with van der Waals surface area (Å²) in [6.07, 6.45) is 3.99. The van der Waals surface area contributed by atoms with Crippen molar-refractivity contribution in [3.05, 3.63) is 36.8 Å². The van der Waals surface area contributed by atoms with Crippen molar-refractivity contribution in [2.75, 3.05) is 13.2 Å². The van der Waals surface area contributed by atoms with Gasteiger partial charge in [0.25, 0.3) is 0 Å². The molecule has 0 aliphatic rings. The fraction of sp³-hybridized carbons (Fsp3) is 0.333. The van der Waals surface area contributed by atoms with E-state index < -0.39 is 0 Å². The van der Waals surface area contributed by atoms with Gasteiger partial charge in [0, 0.05) is 11.8 Å². The molecule has 0 saturated heterocycles. The molecule has 0 aliphatic heterocycles. The van der Waals surface area contributed by atoms with Crippen molar-refractivity contribution in [2.45, 2.75) is 6.42 Å². The van der Waals surface area contributed by atoms with Gasteiger partial charge in [0.2, 0.25) is 0 Å². The first-order chi connectivity index (χ1) is 5.70. The van der Waals surface area contributed by atoms with Crippen LogP contribution < -0.4 is 11.5 Å². The Hall–Kier alpha value is -1.22. The lowest BCUT2D eigenvalue weighted by Gasteiger charge is -2.04. The van der Waals surface area contributed by atoms with Crippen LogP contribution in [0.15, 0.2) is 36.8 Å². The van der Waals surface area contributed by atoms with E-state index in [0.29, 0.717) is 24.6 Å². The Balaban J connectivity index is 3.66. The molecule has 4 N–H and O–H groups in total. The fourth-order valence-corrected chi connectivity index (χ4v) is 0.573. The number of rotatable bonds is 6. The molecular formula is C9H16N2O. The van der Waals surface area contributed by atoms with Crippen LogP contribution in [0.25, 0.3) is 0 Å². The SMILES string of the molecule is C=C/C(N)=C/C(=C)OCCCN. The van der Waals surface area contributed by atoms with Gasteiger partial charge in [-0.25, -0.2) is 0 Å². The van der Waals surface area contributed by atoms with Crippen molar-refractivity contribution in [1.82, 2.24) is 0 Å². The van der Waals surface area contributed by atoms with Crippen LogP contribution in [0.1, 0.15) is 6.42 Å². The van der Waals surface area contributed by atoms with E-state index in [4.69, 9.17) is 16.2 Å². The molecule has 3 nitrogen and oxygen atoms in total. The zero-order valence-electron chi connectivity index (χ0n) is 7.25. The Morgan fingerprint density at radius 1 is 1.50 bits per heavy atom. The summed E-state index contributed by atoms with van der Waals surface area (Å²) in [6.45, 7) is 8.35. The maximum Gasteiger partial charge on any atom is 0.114 e. The highest BCUT2D eigenvalue weighted by Crippen LogP contribution is 1.99. The number of hydrogen-bond donors (Lipinski definition) is 2. The summed E-state index contributed by atoms with van der Waals surface area (Å²) in [7, 11) is 0. The largest absolute Gasteiger partial charge is 0.494 e. The minimum absolute atomic E-state index is 0.542. The van der Waals surface area contributed by atoms with Crippen molar-refractivity contribution < 1.29 is 4.74 Å². The van der Waals surface area contributed by atoms with Crippen molar-refractivity contribution in [3.8, 4) is 0 Å². The summed E-state index contributed by atoms with van der Waals surface area (Å²) in [4.78, 5) is 0. The molecule has 0 unspecified atom stereocenters. The molecule has 0 amide bonds. The molecule has 0 heterocycles. The second kappa shape index (κ2) is 6.49. The average molecular weight is 168 g/mol. The summed E-state index contributed by atoms with van der Waals surface area (Å²) in [5.41, 5.74) is 11.3. The summed E-state index contributed by atoms with van der Waals surface area (Å²) in [5, 5.41) is 0. The highest BCUT2D eigenvalue weighted by molar-refractivity contribution is 5.21. The predicted octanol–water partition coefficient (Wildman–Crippen LogP) is 0.894. The zero-order valence-corrected chi connectivity index (χ0v) is 7.25. The first-order valence-corrected chi connectivity index (χ1v) is 3.82. The van der Waals surface area contributed by atoms with Crippen molar-refractivity contribution in [1.29, 1.82) is 0 Å².